The predicted octanol–water partition coefficient (Wildman–Crippen LogP) is 1.33. The van der Waals surface area contributed by atoms with Crippen molar-refractivity contribution in [2.24, 2.45) is 22.5 Å². The number of rotatable bonds is 7. The van der Waals surface area contributed by atoms with E-state index in [-0.39, 0.29) is 49.4 Å². The molecule has 7 rings (SSSR count). The second kappa shape index (κ2) is 7.44. The largest absolute Gasteiger partial charge is 0.394 e. The maximum Gasteiger partial charge on any atom is 0.394 e. The lowest BCUT2D eigenvalue weighted by Crippen LogP contribution is -2.75. The molecule has 4 aliphatic carbocycles. The van der Waals surface area contributed by atoms with Crippen LogP contribution in [0.15, 0.2) is 24.3 Å². The van der Waals surface area contributed by atoms with Gasteiger partial charge in [0.15, 0.2) is 5.69 Å². The smallest absolute Gasteiger partial charge is 0.394 e. The number of hydrogen-bond donors (Lipinski definition) is 3. The molecule has 2 heterocycles. The van der Waals surface area contributed by atoms with Crippen molar-refractivity contribution in [3.05, 3.63) is 30.0 Å². The first-order valence-corrected chi connectivity index (χ1v) is 12.0. The van der Waals surface area contributed by atoms with Crippen LogP contribution >= 0.6 is 0 Å². The topological polar surface area (TPSA) is 131 Å². The van der Waals surface area contributed by atoms with Crippen LogP contribution < -0.4 is 11.1 Å². The average Bonchev–Trinajstić information content (AvgIpc) is 3.25. The van der Waals surface area contributed by atoms with Crippen molar-refractivity contribution in [3.8, 4) is 0 Å². The van der Waals surface area contributed by atoms with Gasteiger partial charge in [0.1, 0.15) is 12.6 Å². The maximum absolute atomic E-state index is 13.4. The van der Waals surface area contributed by atoms with Crippen LogP contribution in [0.4, 0.5) is 13.2 Å². The molecule has 4 N–H and O–H groups in total. The number of para-hydroxylation sites is 1. The van der Waals surface area contributed by atoms with Crippen LogP contribution in [0.25, 0.3) is 10.9 Å². The highest BCUT2D eigenvalue weighted by molar-refractivity contribution is 6.04. The van der Waals surface area contributed by atoms with Crippen molar-refractivity contribution in [1.29, 1.82) is 0 Å². The van der Waals surface area contributed by atoms with Crippen LogP contribution in [0, 0.1) is 16.7 Å². The molecule has 2 bridgehead atoms. The molecule has 0 unspecified atom stereocenters. The standard InChI is InChI=1S/C24H26F3N5O4/c25-24(26,27)23-9-22(10-23,11-23)17(8-33)29-21(36)16-6-12-5-15(12)32(16)18(34)7-31-14-4-2-1-3-13(14)19(30-31)20(28)35/h1-4,12,15-17,33H,5-11H2,(H2,28,35)(H,29,36)/t12-,15-,16+,17-,22?,23?/m1/s1. The van der Waals surface area contributed by atoms with E-state index in [2.05, 4.69) is 10.4 Å². The van der Waals surface area contributed by atoms with Crippen LogP contribution in [-0.2, 0) is 16.1 Å². The van der Waals surface area contributed by atoms with E-state index in [1.165, 1.54) is 9.58 Å². The number of aromatic nitrogens is 2. The average molecular weight is 505 g/mol. The van der Waals surface area contributed by atoms with Gasteiger partial charge in [0.05, 0.1) is 23.6 Å². The maximum atomic E-state index is 13.4. The third-order valence-electron chi connectivity index (χ3n) is 8.78. The zero-order valence-corrected chi connectivity index (χ0v) is 19.3. The number of primary amides is 1. The number of aliphatic hydroxyl groups is 1. The number of amides is 3. The second-order valence-corrected chi connectivity index (χ2v) is 10.9. The third-order valence-corrected chi connectivity index (χ3v) is 8.78. The highest BCUT2D eigenvalue weighted by Gasteiger charge is 2.80. The molecule has 1 aromatic carbocycles. The lowest BCUT2D eigenvalue weighted by molar-refractivity contribution is -0.370. The molecule has 2 aromatic rings. The van der Waals surface area contributed by atoms with Gasteiger partial charge in [-0.25, -0.2) is 0 Å². The molecule has 3 amide bonds. The van der Waals surface area contributed by atoms with Crippen molar-refractivity contribution in [1.82, 2.24) is 20.0 Å². The van der Waals surface area contributed by atoms with Crippen LogP contribution in [0.5, 0.6) is 0 Å². The molecule has 5 fully saturated rings. The number of carbonyl (C=O) groups is 3. The zero-order valence-electron chi connectivity index (χ0n) is 19.3. The van der Waals surface area contributed by atoms with Crippen LogP contribution in [0.1, 0.15) is 42.6 Å². The van der Waals surface area contributed by atoms with Gasteiger partial charge in [0, 0.05) is 11.4 Å². The number of carbonyl (C=O) groups excluding carboxylic acids is 3. The summed E-state index contributed by atoms with van der Waals surface area (Å²) in [6.07, 6.45) is -3.32. The van der Waals surface area contributed by atoms with Gasteiger partial charge in [-0.05, 0) is 49.5 Å². The Morgan fingerprint density at radius 2 is 1.89 bits per heavy atom. The van der Waals surface area contributed by atoms with Crippen molar-refractivity contribution in [3.63, 3.8) is 0 Å². The molecule has 0 radical (unpaired) electrons. The van der Waals surface area contributed by atoms with Crippen LogP contribution in [0.2, 0.25) is 0 Å². The van der Waals surface area contributed by atoms with E-state index in [0.29, 0.717) is 17.3 Å². The van der Waals surface area contributed by atoms with Crippen molar-refractivity contribution in [2.45, 2.75) is 63.0 Å². The molecule has 12 heteroatoms. The third kappa shape index (κ3) is 3.19. The molecule has 1 aromatic heterocycles. The number of hydrogen-bond acceptors (Lipinski definition) is 5. The Labute approximate surface area is 203 Å². The number of nitrogens with zero attached hydrogens (tertiary/aromatic N) is 3. The van der Waals surface area contributed by atoms with Crippen LogP contribution in [-0.4, -0.2) is 68.4 Å². The monoisotopic (exact) mass is 505 g/mol. The summed E-state index contributed by atoms with van der Waals surface area (Å²) in [5.41, 5.74) is 3.63. The molecule has 1 saturated heterocycles. The summed E-state index contributed by atoms with van der Waals surface area (Å²) in [7, 11) is 0. The number of alkyl halides is 3. The fraction of sp³-hybridized carbons (Fsp3) is 0.583. The minimum absolute atomic E-state index is 0.0550. The fourth-order valence-electron chi connectivity index (χ4n) is 6.89. The van der Waals surface area contributed by atoms with E-state index in [1.807, 2.05) is 0 Å². The fourth-order valence-corrected chi connectivity index (χ4v) is 6.89. The normalized spacial score (nSPS) is 32.9. The predicted molar refractivity (Wildman–Crippen MR) is 119 cm³/mol. The second-order valence-electron chi connectivity index (χ2n) is 10.9. The quantitative estimate of drug-likeness (QED) is 0.523. The molecule has 192 valence electrons. The molecular formula is C24H26F3N5O4. The van der Waals surface area contributed by atoms with Gasteiger partial charge in [-0.15, -0.1) is 0 Å². The van der Waals surface area contributed by atoms with E-state index in [9.17, 15) is 32.7 Å². The van der Waals surface area contributed by atoms with E-state index in [4.69, 9.17) is 5.73 Å². The van der Waals surface area contributed by atoms with E-state index in [0.717, 1.165) is 6.42 Å². The van der Waals surface area contributed by atoms with Gasteiger partial charge in [0.25, 0.3) is 5.91 Å². The first-order chi connectivity index (χ1) is 17.0. The molecule has 0 spiro atoms. The van der Waals surface area contributed by atoms with Gasteiger partial charge in [0.2, 0.25) is 11.8 Å². The molecule has 9 nitrogen and oxygen atoms in total. The van der Waals surface area contributed by atoms with Crippen molar-refractivity contribution in [2.75, 3.05) is 6.61 Å². The molecule has 36 heavy (non-hydrogen) atoms. The van der Waals surface area contributed by atoms with E-state index < -0.39 is 47.5 Å². The van der Waals surface area contributed by atoms with Gasteiger partial charge in [-0.2, -0.15) is 18.3 Å². The highest BCUT2D eigenvalue weighted by atomic mass is 19.4. The highest BCUT2D eigenvalue weighted by Crippen LogP contribution is 2.79. The Bertz CT molecular complexity index is 1270. The summed E-state index contributed by atoms with van der Waals surface area (Å²) in [6.45, 7) is -0.648. The Morgan fingerprint density at radius 3 is 2.53 bits per heavy atom. The minimum Gasteiger partial charge on any atom is -0.394 e. The van der Waals surface area contributed by atoms with Gasteiger partial charge in [-0.1, -0.05) is 18.2 Å². The van der Waals surface area contributed by atoms with E-state index in [1.54, 1.807) is 24.3 Å². The Kier molecular flexibility index (Phi) is 4.80. The van der Waals surface area contributed by atoms with Gasteiger partial charge in [-0.3, -0.25) is 19.1 Å². The molecule has 4 saturated carbocycles. The number of aliphatic hydroxyl groups excluding tert-OH is 1. The van der Waals surface area contributed by atoms with Crippen LogP contribution in [0.3, 0.4) is 0 Å². The number of halogens is 3. The summed E-state index contributed by atoms with van der Waals surface area (Å²) in [5.74, 6) is -1.32. The first kappa shape index (κ1) is 23.3. The summed E-state index contributed by atoms with van der Waals surface area (Å²) >= 11 is 0. The number of fused-ring (bicyclic) bond motifs is 2. The first-order valence-electron chi connectivity index (χ1n) is 12.0. The molecule has 5 aliphatic rings. The Balaban J connectivity index is 1.17. The minimum atomic E-state index is -4.28. The molecular weight excluding hydrogens is 479 g/mol. The summed E-state index contributed by atoms with van der Waals surface area (Å²) in [5, 5.41) is 17.4. The summed E-state index contributed by atoms with van der Waals surface area (Å²) < 4.78 is 41.2. The number of benzene rings is 1. The number of likely N-dealkylation sites (tertiary alicyclic amines) is 1. The Hall–Kier alpha value is -3.15. The summed E-state index contributed by atoms with van der Waals surface area (Å²) in [4.78, 5) is 39.9. The number of nitrogens with two attached hydrogens (primary N) is 1. The molecule has 4 atom stereocenters. The molecule has 1 aliphatic heterocycles. The van der Waals surface area contributed by atoms with E-state index >= 15 is 0 Å². The lowest BCUT2D eigenvalue weighted by atomic mass is 9.33. The Morgan fingerprint density at radius 1 is 1.19 bits per heavy atom. The SMILES string of the molecule is NC(=O)c1nn(CC(=O)N2[C@@H]3C[C@@H]3C[C@H]2C(=O)N[C@H](CO)C23CC(C(F)(F)F)(C2)C3)c2ccccc12. The van der Waals surface area contributed by atoms with Crippen molar-refractivity contribution >= 4 is 28.6 Å². The zero-order chi connectivity index (χ0) is 25.6. The van der Waals surface area contributed by atoms with Crippen molar-refractivity contribution < 1.29 is 32.7 Å². The number of piperidine rings is 1. The summed E-state index contributed by atoms with van der Waals surface area (Å²) in [6, 6.07) is 5.27. The number of nitrogens with one attached hydrogen (secondary N) is 1. The van der Waals surface area contributed by atoms with Gasteiger partial charge < -0.3 is 21.1 Å². The van der Waals surface area contributed by atoms with Gasteiger partial charge >= 0.3 is 6.18 Å². The lowest BCUT2D eigenvalue weighted by Gasteiger charge is -2.72.